The van der Waals surface area contributed by atoms with Crippen LogP contribution in [-0.4, -0.2) is 0 Å². The normalized spacial score (nSPS) is 30.5. The summed E-state index contributed by atoms with van der Waals surface area (Å²) in [5.74, 6) is 10.0. The lowest BCUT2D eigenvalue weighted by molar-refractivity contribution is 0.291. The van der Waals surface area contributed by atoms with Crippen LogP contribution in [0, 0.1) is 35.5 Å². The van der Waals surface area contributed by atoms with Crippen molar-refractivity contribution in [3.63, 3.8) is 0 Å². The van der Waals surface area contributed by atoms with E-state index in [2.05, 4.69) is 50.0 Å². The molecule has 0 heterocycles. The zero-order chi connectivity index (χ0) is 17.7. The highest BCUT2D eigenvalue weighted by Gasteiger charge is 2.19. The minimum absolute atomic E-state index is 0.782. The molecule has 0 bridgehead atoms. The smallest absolute Gasteiger partial charge is 0.0153 e. The molecule has 0 aromatic rings. The van der Waals surface area contributed by atoms with E-state index in [1.54, 1.807) is 0 Å². The Hall–Kier alpha value is -0.960. The van der Waals surface area contributed by atoms with Gasteiger partial charge in [-0.3, -0.25) is 0 Å². The lowest BCUT2D eigenvalue weighted by atomic mass is 9.80. The molecule has 0 heteroatoms. The maximum atomic E-state index is 3.23. The van der Waals surface area contributed by atoms with Gasteiger partial charge in [0.2, 0.25) is 0 Å². The SMILES string of the molecule is CCCCC1CCC(C=CC#CC=CC2CCC(CCC)CC2)CC1. The highest BCUT2D eigenvalue weighted by Crippen LogP contribution is 2.33. The van der Waals surface area contributed by atoms with E-state index in [9.17, 15) is 0 Å². The molecule has 2 saturated carbocycles. The van der Waals surface area contributed by atoms with E-state index in [0.29, 0.717) is 0 Å². The van der Waals surface area contributed by atoms with Crippen LogP contribution in [0.4, 0.5) is 0 Å². The summed E-state index contributed by atoms with van der Waals surface area (Å²) >= 11 is 0. The van der Waals surface area contributed by atoms with Crippen LogP contribution in [0.2, 0.25) is 0 Å². The first-order valence-electron chi connectivity index (χ1n) is 11.2. The van der Waals surface area contributed by atoms with E-state index in [-0.39, 0.29) is 0 Å². The molecule has 0 radical (unpaired) electrons. The molecule has 2 aliphatic rings. The highest BCUT2D eigenvalue weighted by molar-refractivity contribution is 5.24. The van der Waals surface area contributed by atoms with E-state index in [4.69, 9.17) is 0 Å². The fraction of sp³-hybridized carbons (Fsp3) is 0.760. The van der Waals surface area contributed by atoms with Gasteiger partial charge in [-0.15, -0.1) is 0 Å². The molecule has 0 atom stereocenters. The Morgan fingerprint density at radius 1 is 0.640 bits per heavy atom. The quantitative estimate of drug-likeness (QED) is 0.416. The third-order valence-corrected chi connectivity index (χ3v) is 6.43. The van der Waals surface area contributed by atoms with Crippen molar-refractivity contribution in [3.05, 3.63) is 24.3 Å². The minimum Gasteiger partial charge on any atom is -0.0730 e. The second-order valence-electron chi connectivity index (χ2n) is 8.50. The number of hydrogen-bond donors (Lipinski definition) is 0. The third-order valence-electron chi connectivity index (χ3n) is 6.43. The van der Waals surface area contributed by atoms with Crippen molar-refractivity contribution >= 4 is 0 Å². The average molecular weight is 341 g/mol. The standard InChI is InChI=1S/C25H40/c1-3-5-11-23-18-20-25(21-19-23)13-9-7-6-8-12-24-16-14-22(10-4-2)15-17-24/h8-9,12-13,22-25H,3-5,10-11,14-21H2,1-2H3. The maximum Gasteiger partial charge on any atom is -0.0153 e. The monoisotopic (exact) mass is 340 g/mol. The van der Waals surface area contributed by atoms with Gasteiger partial charge < -0.3 is 0 Å². The highest BCUT2D eigenvalue weighted by atomic mass is 14.2. The Morgan fingerprint density at radius 3 is 1.56 bits per heavy atom. The van der Waals surface area contributed by atoms with Crippen LogP contribution in [0.3, 0.4) is 0 Å². The molecule has 2 fully saturated rings. The van der Waals surface area contributed by atoms with Crippen LogP contribution in [-0.2, 0) is 0 Å². The van der Waals surface area contributed by atoms with Crippen LogP contribution >= 0.6 is 0 Å². The molecule has 2 aliphatic carbocycles. The zero-order valence-corrected chi connectivity index (χ0v) is 16.8. The average Bonchev–Trinajstić information content (AvgIpc) is 2.65. The van der Waals surface area contributed by atoms with Crippen molar-refractivity contribution in [2.75, 3.05) is 0 Å². The van der Waals surface area contributed by atoms with Gasteiger partial charge >= 0.3 is 0 Å². The summed E-state index contributed by atoms with van der Waals surface area (Å²) in [5, 5.41) is 0. The fourth-order valence-corrected chi connectivity index (χ4v) is 4.70. The minimum atomic E-state index is 0.782. The summed E-state index contributed by atoms with van der Waals surface area (Å²) in [6.45, 7) is 4.62. The van der Waals surface area contributed by atoms with Gasteiger partial charge in [0.15, 0.2) is 0 Å². The lowest BCUT2D eigenvalue weighted by Crippen LogP contribution is -2.12. The topological polar surface area (TPSA) is 0 Å². The lowest BCUT2D eigenvalue weighted by Gasteiger charge is -2.26. The van der Waals surface area contributed by atoms with Crippen molar-refractivity contribution in [1.82, 2.24) is 0 Å². The van der Waals surface area contributed by atoms with Gasteiger partial charge in [-0.2, -0.15) is 0 Å². The Bertz CT molecular complexity index is 442. The van der Waals surface area contributed by atoms with Crippen LogP contribution < -0.4 is 0 Å². The largest absolute Gasteiger partial charge is 0.0730 e. The van der Waals surface area contributed by atoms with Gasteiger partial charge in [0.05, 0.1) is 0 Å². The van der Waals surface area contributed by atoms with Gasteiger partial charge in [0, 0.05) is 0 Å². The van der Waals surface area contributed by atoms with Crippen molar-refractivity contribution in [2.24, 2.45) is 23.7 Å². The van der Waals surface area contributed by atoms with Crippen molar-refractivity contribution < 1.29 is 0 Å². The zero-order valence-electron chi connectivity index (χ0n) is 16.8. The molecule has 0 unspecified atom stereocenters. The first-order chi connectivity index (χ1) is 12.3. The Kier molecular flexibility index (Phi) is 10.1. The summed E-state index contributed by atoms with van der Waals surface area (Å²) in [7, 11) is 0. The number of rotatable bonds is 7. The van der Waals surface area contributed by atoms with Crippen LogP contribution in [0.1, 0.15) is 97.3 Å². The van der Waals surface area contributed by atoms with Gasteiger partial charge in [0.1, 0.15) is 0 Å². The first-order valence-corrected chi connectivity index (χ1v) is 11.2. The second-order valence-corrected chi connectivity index (χ2v) is 8.50. The second kappa shape index (κ2) is 12.4. The molecular formula is C25H40. The molecule has 0 spiro atoms. The molecule has 0 aromatic heterocycles. The molecule has 140 valence electrons. The predicted molar refractivity (Wildman–Crippen MR) is 111 cm³/mol. The summed E-state index contributed by atoms with van der Waals surface area (Å²) in [4.78, 5) is 0. The molecular weight excluding hydrogens is 300 g/mol. The van der Waals surface area contributed by atoms with Crippen molar-refractivity contribution in [1.29, 1.82) is 0 Å². The Balaban J connectivity index is 1.60. The molecule has 0 aromatic carbocycles. The van der Waals surface area contributed by atoms with Gasteiger partial charge in [-0.1, -0.05) is 69.9 Å². The number of hydrogen-bond acceptors (Lipinski definition) is 0. The summed E-state index contributed by atoms with van der Waals surface area (Å²) in [6.07, 6.45) is 27.2. The van der Waals surface area contributed by atoms with E-state index >= 15 is 0 Å². The number of unbranched alkanes of at least 4 members (excludes halogenated alkanes) is 1. The predicted octanol–water partition coefficient (Wildman–Crippen LogP) is 7.71. The van der Waals surface area contributed by atoms with E-state index in [1.165, 1.54) is 83.5 Å². The van der Waals surface area contributed by atoms with Gasteiger partial charge in [-0.25, -0.2) is 0 Å². The van der Waals surface area contributed by atoms with Crippen LogP contribution in [0.25, 0.3) is 0 Å². The molecule has 25 heavy (non-hydrogen) atoms. The van der Waals surface area contributed by atoms with Gasteiger partial charge in [-0.05, 0) is 87.2 Å². The molecule has 0 nitrogen and oxygen atoms in total. The van der Waals surface area contributed by atoms with Crippen LogP contribution in [0.15, 0.2) is 24.3 Å². The summed E-state index contributed by atoms with van der Waals surface area (Å²) in [5.41, 5.74) is 0. The fourth-order valence-electron chi connectivity index (χ4n) is 4.70. The number of allylic oxidation sites excluding steroid dienone is 4. The molecule has 0 N–H and O–H groups in total. The molecule has 0 saturated heterocycles. The maximum absolute atomic E-state index is 3.23. The Labute approximate surface area is 157 Å². The van der Waals surface area contributed by atoms with E-state index < -0.39 is 0 Å². The molecule has 0 amide bonds. The van der Waals surface area contributed by atoms with Crippen LogP contribution in [0.5, 0.6) is 0 Å². The Morgan fingerprint density at radius 2 is 1.12 bits per heavy atom. The first kappa shape index (κ1) is 20.4. The van der Waals surface area contributed by atoms with Gasteiger partial charge in [0.25, 0.3) is 0 Å². The summed E-state index contributed by atoms with van der Waals surface area (Å²) in [6, 6.07) is 0. The summed E-state index contributed by atoms with van der Waals surface area (Å²) < 4.78 is 0. The van der Waals surface area contributed by atoms with Crippen molar-refractivity contribution in [2.45, 2.75) is 97.3 Å². The molecule has 0 aliphatic heterocycles. The molecule has 2 rings (SSSR count). The third kappa shape index (κ3) is 8.31. The van der Waals surface area contributed by atoms with Crippen molar-refractivity contribution in [3.8, 4) is 11.8 Å². The van der Waals surface area contributed by atoms with E-state index in [0.717, 1.165) is 23.7 Å². The van der Waals surface area contributed by atoms with E-state index in [1.807, 2.05) is 0 Å².